The van der Waals surface area contributed by atoms with E-state index in [-0.39, 0.29) is 11.5 Å². The molecule has 4 heteroatoms. The molecule has 1 aliphatic rings. The summed E-state index contributed by atoms with van der Waals surface area (Å²) in [5.74, 6) is -0.331. The predicted molar refractivity (Wildman–Crippen MR) is 66.7 cm³/mol. The zero-order valence-corrected chi connectivity index (χ0v) is 10.9. The highest BCUT2D eigenvalue weighted by Gasteiger charge is 2.23. The first kappa shape index (κ1) is 12.7. The van der Waals surface area contributed by atoms with Crippen molar-refractivity contribution in [3.63, 3.8) is 0 Å². The van der Waals surface area contributed by atoms with Crippen molar-refractivity contribution < 1.29 is 14.3 Å². The Hall–Kier alpha value is -1.71. The van der Waals surface area contributed by atoms with Crippen molar-refractivity contribution >= 4 is 11.8 Å². The topological polar surface area (TPSA) is 56.3 Å². The van der Waals surface area contributed by atoms with Crippen LogP contribution < -0.4 is 0 Å². The third-order valence-corrected chi connectivity index (χ3v) is 2.70. The number of aromatic nitrogens is 1. The van der Waals surface area contributed by atoms with Gasteiger partial charge in [-0.15, -0.1) is 0 Å². The van der Waals surface area contributed by atoms with E-state index >= 15 is 0 Å². The minimum Gasteiger partial charge on any atom is -0.455 e. The van der Waals surface area contributed by atoms with Gasteiger partial charge in [-0.05, 0) is 45.7 Å². The highest BCUT2D eigenvalue weighted by Crippen LogP contribution is 2.20. The molecule has 0 unspecified atom stereocenters. The Morgan fingerprint density at radius 1 is 1.28 bits per heavy atom. The highest BCUT2D eigenvalue weighted by molar-refractivity contribution is 5.98. The van der Waals surface area contributed by atoms with Gasteiger partial charge in [0.25, 0.3) is 0 Å². The molecule has 1 heterocycles. The lowest BCUT2D eigenvalue weighted by Crippen LogP contribution is -2.25. The van der Waals surface area contributed by atoms with E-state index in [1.807, 2.05) is 20.8 Å². The van der Waals surface area contributed by atoms with Gasteiger partial charge in [0, 0.05) is 12.0 Å². The molecular weight excluding hydrogens is 230 g/mol. The number of rotatable bonds is 1. The van der Waals surface area contributed by atoms with E-state index < -0.39 is 11.6 Å². The number of Topliss-reactive ketones (excluding diaryl/α,β-unsaturated/α-hetero) is 1. The number of ether oxygens (including phenoxy) is 1. The first-order valence-electron chi connectivity index (χ1n) is 6.13. The quantitative estimate of drug-likeness (QED) is 0.716. The maximum Gasteiger partial charge on any atom is 0.357 e. The SMILES string of the molecule is CC(C)(C)OC(=O)c1ccc2c(n1)CCCC2=O. The minimum atomic E-state index is -0.537. The van der Waals surface area contributed by atoms with Crippen LogP contribution in [0.25, 0.3) is 0 Å². The summed E-state index contributed by atoms with van der Waals surface area (Å²) < 4.78 is 5.26. The molecule has 0 amide bonds. The molecule has 1 aromatic rings. The number of hydrogen-bond acceptors (Lipinski definition) is 4. The average Bonchev–Trinajstić information content (AvgIpc) is 2.26. The van der Waals surface area contributed by atoms with Gasteiger partial charge in [-0.3, -0.25) is 4.79 Å². The zero-order valence-electron chi connectivity index (χ0n) is 10.9. The molecule has 0 atom stereocenters. The van der Waals surface area contributed by atoms with Gasteiger partial charge in [-0.25, -0.2) is 9.78 Å². The molecule has 18 heavy (non-hydrogen) atoms. The van der Waals surface area contributed by atoms with Crippen molar-refractivity contribution in [3.8, 4) is 0 Å². The second-order valence-corrected chi connectivity index (χ2v) is 5.47. The summed E-state index contributed by atoms with van der Waals surface area (Å²) in [5.41, 5.74) is 1.10. The Labute approximate surface area is 106 Å². The molecule has 0 saturated heterocycles. The van der Waals surface area contributed by atoms with E-state index in [0.717, 1.165) is 18.5 Å². The van der Waals surface area contributed by atoms with Gasteiger partial charge >= 0.3 is 5.97 Å². The number of carbonyl (C=O) groups excluding carboxylic acids is 2. The Bertz CT molecular complexity index is 500. The van der Waals surface area contributed by atoms with Crippen molar-refractivity contribution in [2.45, 2.75) is 45.6 Å². The Morgan fingerprint density at radius 3 is 2.67 bits per heavy atom. The normalized spacial score (nSPS) is 15.2. The highest BCUT2D eigenvalue weighted by atomic mass is 16.6. The van der Waals surface area contributed by atoms with Crippen LogP contribution in [0, 0.1) is 0 Å². The summed E-state index contributed by atoms with van der Waals surface area (Å²) in [5, 5.41) is 0. The molecule has 0 radical (unpaired) electrons. The molecule has 0 saturated carbocycles. The lowest BCUT2D eigenvalue weighted by molar-refractivity contribution is 0.00622. The summed E-state index contributed by atoms with van der Waals surface area (Å²) in [6, 6.07) is 3.25. The largest absolute Gasteiger partial charge is 0.455 e. The molecule has 0 spiro atoms. The Balaban J connectivity index is 2.26. The predicted octanol–water partition coefficient (Wildman–Crippen LogP) is 2.56. The Kier molecular flexibility index (Phi) is 3.20. The third kappa shape index (κ3) is 2.75. The van der Waals surface area contributed by atoms with Gasteiger partial charge in [0.05, 0.1) is 5.69 Å². The van der Waals surface area contributed by atoms with Gasteiger partial charge in [-0.1, -0.05) is 0 Å². The van der Waals surface area contributed by atoms with Crippen LogP contribution >= 0.6 is 0 Å². The molecule has 1 aliphatic carbocycles. The van der Waals surface area contributed by atoms with Crippen molar-refractivity contribution in [1.29, 1.82) is 0 Å². The lowest BCUT2D eigenvalue weighted by atomic mass is 9.94. The molecule has 0 fully saturated rings. The average molecular weight is 247 g/mol. The van der Waals surface area contributed by atoms with Gasteiger partial charge in [0.1, 0.15) is 11.3 Å². The first-order valence-corrected chi connectivity index (χ1v) is 6.13. The number of ketones is 1. The maximum absolute atomic E-state index is 11.9. The van der Waals surface area contributed by atoms with Gasteiger partial charge in [0.15, 0.2) is 5.78 Å². The number of carbonyl (C=O) groups is 2. The van der Waals surface area contributed by atoms with E-state index in [0.29, 0.717) is 12.0 Å². The van der Waals surface area contributed by atoms with E-state index in [4.69, 9.17) is 4.74 Å². The minimum absolute atomic E-state index is 0.111. The van der Waals surface area contributed by atoms with Crippen LogP contribution in [-0.2, 0) is 11.2 Å². The summed E-state index contributed by atoms with van der Waals surface area (Å²) >= 11 is 0. The van der Waals surface area contributed by atoms with E-state index in [2.05, 4.69) is 4.98 Å². The number of pyridine rings is 1. The van der Waals surface area contributed by atoms with Crippen LogP contribution in [0.5, 0.6) is 0 Å². The second kappa shape index (κ2) is 4.52. The fourth-order valence-corrected chi connectivity index (χ4v) is 1.94. The lowest BCUT2D eigenvalue weighted by Gasteiger charge is -2.20. The monoisotopic (exact) mass is 247 g/mol. The molecule has 0 N–H and O–H groups in total. The van der Waals surface area contributed by atoms with Crippen LogP contribution in [0.2, 0.25) is 0 Å². The molecule has 4 nitrogen and oxygen atoms in total. The fourth-order valence-electron chi connectivity index (χ4n) is 1.94. The smallest absolute Gasteiger partial charge is 0.357 e. The molecule has 0 aliphatic heterocycles. The molecule has 96 valence electrons. The summed E-state index contributed by atoms with van der Waals surface area (Å²) in [6.45, 7) is 5.44. The van der Waals surface area contributed by atoms with Crippen LogP contribution in [0.15, 0.2) is 12.1 Å². The number of nitrogens with zero attached hydrogens (tertiary/aromatic N) is 1. The van der Waals surface area contributed by atoms with E-state index in [1.54, 1.807) is 12.1 Å². The molecule has 0 bridgehead atoms. The standard InChI is InChI=1S/C14H17NO3/c1-14(2,3)18-13(17)11-8-7-9-10(15-11)5-4-6-12(9)16/h7-8H,4-6H2,1-3H3. The maximum atomic E-state index is 11.9. The molecule has 1 aromatic heterocycles. The summed E-state index contributed by atoms with van der Waals surface area (Å²) in [4.78, 5) is 27.7. The number of hydrogen-bond donors (Lipinski definition) is 0. The fraction of sp³-hybridized carbons (Fsp3) is 0.500. The van der Waals surface area contributed by atoms with Gasteiger partial charge in [-0.2, -0.15) is 0 Å². The third-order valence-electron chi connectivity index (χ3n) is 2.70. The molecule has 0 aromatic carbocycles. The number of aryl methyl sites for hydroxylation is 1. The molecule has 2 rings (SSSR count). The second-order valence-electron chi connectivity index (χ2n) is 5.47. The van der Waals surface area contributed by atoms with E-state index in [1.165, 1.54) is 0 Å². The number of fused-ring (bicyclic) bond motifs is 1. The Morgan fingerprint density at radius 2 is 2.00 bits per heavy atom. The first-order chi connectivity index (χ1) is 8.37. The van der Waals surface area contributed by atoms with E-state index in [9.17, 15) is 9.59 Å². The van der Waals surface area contributed by atoms with Crippen LogP contribution in [-0.4, -0.2) is 22.3 Å². The molecular formula is C14H17NO3. The van der Waals surface area contributed by atoms with Crippen molar-refractivity contribution in [2.75, 3.05) is 0 Å². The zero-order chi connectivity index (χ0) is 13.3. The van der Waals surface area contributed by atoms with Crippen LogP contribution in [0.1, 0.15) is 60.2 Å². The summed E-state index contributed by atoms with van der Waals surface area (Å²) in [7, 11) is 0. The van der Waals surface area contributed by atoms with Crippen LogP contribution in [0.4, 0.5) is 0 Å². The van der Waals surface area contributed by atoms with Crippen molar-refractivity contribution in [3.05, 3.63) is 29.1 Å². The van der Waals surface area contributed by atoms with Gasteiger partial charge < -0.3 is 4.74 Å². The van der Waals surface area contributed by atoms with Crippen molar-refractivity contribution in [2.24, 2.45) is 0 Å². The van der Waals surface area contributed by atoms with Crippen LogP contribution in [0.3, 0.4) is 0 Å². The summed E-state index contributed by atoms with van der Waals surface area (Å²) in [6.07, 6.45) is 2.12. The van der Waals surface area contributed by atoms with Crippen molar-refractivity contribution in [1.82, 2.24) is 4.98 Å². The number of esters is 1. The van der Waals surface area contributed by atoms with Gasteiger partial charge in [0.2, 0.25) is 0 Å².